The minimum atomic E-state index is -3.01. The highest BCUT2D eigenvalue weighted by Gasteiger charge is 2.34. The van der Waals surface area contributed by atoms with Crippen molar-refractivity contribution in [2.24, 2.45) is 0 Å². The highest BCUT2D eigenvalue weighted by Crippen LogP contribution is 2.25. The van der Waals surface area contributed by atoms with Gasteiger partial charge in [0, 0.05) is 18.6 Å². The van der Waals surface area contributed by atoms with E-state index in [1.165, 1.54) is 32.1 Å². The number of sulfone groups is 1. The van der Waals surface area contributed by atoms with E-state index in [2.05, 4.69) is 10.2 Å². The Labute approximate surface area is 124 Å². The second-order valence-electron chi connectivity index (χ2n) is 7.23. The summed E-state index contributed by atoms with van der Waals surface area (Å²) in [5, 5.41) is 3.59. The number of hydrogen-bond donors (Lipinski definition) is 1. The van der Waals surface area contributed by atoms with Crippen LogP contribution in [0.5, 0.6) is 0 Å². The highest BCUT2D eigenvalue weighted by molar-refractivity contribution is 7.92. The molecule has 4 nitrogen and oxygen atoms in total. The summed E-state index contributed by atoms with van der Waals surface area (Å²) in [6.07, 6.45) is 6.21. The summed E-state index contributed by atoms with van der Waals surface area (Å²) in [5.41, 5.74) is 0. The van der Waals surface area contributed by atoms with Crippen molar-refractivity contribution in [3.05, 3.63) is 0 Å². The monoisotopic (exact) mass is 302 g/mol. The van der Waals surface area contributed by atoms with Crippen molar-refractivity contribution >= 4 is 9.84 Å². The first kappa shape index (κ1) is 16.2. The maximum atomic E-state index is 12.3. The maximum Gasteiger partial charge on any atom is 0.156 e. The molecule has 2 heterocycles. The van der Waals surface area contributed by atoms with Crippen LogP contribution in [0.25, 0.3) is 0 Å². The quantitative estimate of drug-likeness (QED) is 0.860. The fourth-order valence-corrected chi connectivity index (χ4v) is 4.42. The molecule has 1 N–H and O–H groups in total. The Morgan fingerprint density at radius 1 is 1.15 bits per heavy atom. The van der Waals surface area contributed by atoms with Gasteiger partial charge in [-0.3, -0.25) is 4.90 Å². The molecule has 2 aliphatic rings. The first-order valence-corrected chi connectivity index (χ1v) is 9.66. The smallest absolute Gasteiger partial charge is 0.156 e. The van der Waals surface area contributed by atoms with E-state index < -0.39 is 14.6 Å². The first-order valence-electron chi connectivity index (χ1n) is 8.01. The van der Waals surface area contributed by atoms with Gasteiger partial charge in [-0.25, -0.2) is 8.42 Å². The van der Waals surface area contributed by atoms with Crippen LogP contribution in [-0.2, 0) is 9.84 Å². The van der Waals surface area contributed by atoms with Crippen molar-refractivity contribution in [1.82, 2.24) is 10.2 Å². The molecule has 2 saturated heterocycles. The number of nitrogens with one attached hydrogen (secondary N) is 1. The molecule has 20 heavy (non-hydrogen) atoms. The first-order chi connectivity index (χ1) is 9.31. The van der Waals surface area contributed by atoms with Gasteiger partial charge in [0.1, 0.15) is 0 Å². The SMILES string of the molecule is CC(C)(C)S(=O)(=O)CCN1CCCCC1C1CCCN1. The molecule has 0 aromatic carbocycles. The standard InChI is InChI=1S/C15H30N2O2S/c1-15(2,3)20(18,19)12-11-17-10-5-4-8-14(17)13-7-6-9-16-13/h13-14,16H,4-12H2,1-3H3. The van der Waals surface area contributed by atoms with Gasteiger partial charge < -0.3 is 5.32 Å². The number of nitrogens with zero attached hydrogens (tertiary/aromatic N) is 1. The fraction of sp³-hybridized carbons (Fsp3) is 1.00. The average molecular weight is 302 g/mol. The molecule has 5 heteroatoms. The van der Waals surface area contributed by atoms with Gasteiger partial charge in [0.25, 0.3) is 0 Å². The second-order valence-corrected chi connectivity index (χ2v) is 10.1. The van der Waals surface area contributed by atoms with Crippen LogP contribution in [0, 0.1) is 0 Å². The van der Waals surface area contributed by atoms with Crippen molar-refractivity contribution in [2.75, 3.05) is 25.4 Å². The molecule has 0 spiro atoms. The van der Waals surface area contributed by atoms with Crippen LogP contribution in [0.3, 0.4) is 0 Å². The Bertz CT molecular complexity index is 408. The molecule has 2 unspecified atom stereocenters. The summed E-state index contributed by atoms with van der Waals surface area (Å²) in [6.45, 7) is 8.28. The van der Waals surface area contributed by atoms with E-state index >= 15 is 0 Å². The lowest BCUT2D eigenvalue weighted by Crippen LogP contribution is -2.51. The second kappa shape index (κ2) is 6.32. The molecular weight excluding hydrogens is 272 g/mol. The third-order valence-corrected chi connectivity index (χ3v) is 7.39. The zero-order chi connectivity index (χ0) is 14.8. The summed E-state index contributed by atoms with van der Waals surface area (Å²) >= 11 is 0. The van der Waals surface area contributed by atoms with Crippen molar-refractivity contribution in [3.63, 3.8) is 0 Å². The van der Waals surface area contributed by atoms with Gasteiger partial charge in [-0.2, -0.15) is 0 Å². The van der Waals surface area contributed by atoms with Crippen LogP contribution >= 0.6 is 0 Å². The van der Waals surface area contributed by atoms with E-state index in [1.807, 2.05) is 0 Å². The topological polar surface area (TPSA) is 49.4 Å². The van der Waals surface area contributed by atoms with E-state index in [4.69, 9.17) is 0 Å². The van der Waals surface area contributed by atoms with Gasteiger partial charge in [0.15, 0.2) is 9.84 Å². The summed E-state index contributed by atoms with van der Waals surface area (Å²) in [4.78, 5) is 2.43. The molecule has 2 atom stereocenters. The van der Waals surface area contributed by atoms with Gasteiger partial charge in [0.2, 0.25) is 0 Å². The van der Waals surface area contributed by atoms with Gasteiger partial charge in [-0.15, -0.1) is 0 Å². The Balaban J connectivity index is 1.95. The van der Waals surface area contributed by atoms with Crippen molar-refractivity contribution < 1.29 is 8.42 Å². The van der Waals surface area contributed by atoms with Crippen molar-refractivity contribution in [3.8, 4) is 0 Å². The third-order valence-electron chi connectivity index (χ3n) is 4.81. The number of rotatable bonds is 4. The molecule has 0 saturated carbocycles. The summed E-state index contributed by atoms with van der Waals surface area (Å²) in [5.74, 6) is 0.291. The van der Waals surface area contributed by atoms with Crippen LogP contribution in [0.1, 0.15) is 52.9 Å². The number of piperidine rings is 1. The zero-order valence-electron chi connectivity index (χ0n) is 13.2. The predicted molar refractivity (Wildman–Crippen MR) is 83.8 cm³/mol. The molecule has 0 radical (unpaired) electrons. The van der Waals surface area contributed by atoms with E-state index in [1.54, 1.807) is 20.8 Å². The zero-order valence-corrected chi connectivity index (χ0v) is 14.0. The Morgan fingerprint density at radius 2 is 1.90 bits per heavy atom. The lowest BCUT2D eigenvalue weighted by atomic mass is 9.95. The van der Waals surface area contributed by atoms with E-state index in [0.717, 1.165) is 13.1 Å². The van der Waals surface area contributed by atoms with E-state index in [-0.39, 0.29) is 0 Å². The highest BCUT2D eigenvalue weighted by atomic mass is 32.2. The molecule has 0 bridgehead atoms. The molecule has 0 aliphatic carbocycles. The predicted octanol–water partition coefficient (Wildman–Crippen LogP) is 1.81. The Hall–Kier alpha value is -0.130. The van der Waals surface area contributed by atoms with Crippen LogP contribution in [0.2, 0.25) is 0 Å². The van der Waals surface area contributed by atoms with Crippen LogP contribution in [-0.4, -0.2) is 55.5 Å². The largest absolute Gasteiger partial charge is 0.312 e. The molecule has 2 aliphatic heterocycles. The Kier molecular flexibility index (Phi) is 5.14. The maximum absolute atomic E-state index is 12.3. The minimum absolute atomic E-state index is 0.291. The number of likely N-dealkylation sites (tertiary alicyclic amines) is 1. The molecule has 2 rings (SSSR count). The Morgan fingerprint density at radius 3 is 2.50 bits per heavy atom. The van der Waals surface area contributed by atoms with Gasteiger partial charge in [-0.1, -0.05) is 6.42 Å². The normalized spacial score (nSPS) is 29.8. The van der Waals surface area contributed by atoms with E-state index in [0.29, 0.717) is 24.4 Å². The van der Waals surface area contributed by atoms with E-state index in [9.17, 15) is 8.42 Å². The average Bonchev–Trinajstić information content (AvgIpc) is 2.89. The molecule has 2 fully saturated rings. The minimum Gasteiger partial charge on any atom is -0.312 e. The van der Waals surface area contributed by atoms with Gasteiger partial charge >= 0.3 is 0 Å². The lowest BCUT2D eigenvalue weighted by molar-refractivity contribution is 0.127. The summed E-state index contributed by atoms with van der Waals surface area (Å²) in [7, 11) is -3.01. The van der Waals surface area contributed by atoms with Gasteiger partial charge in [0.05, 0.1) is 10.5 Å². The van der Waals surface area contributed by atoms with Crippen LogP contribution in [0.4, 0.5) is 0 Å². The van der Waals surface area contributed by atoms with Crippen molar-refractivity contribution in [1.29, 1.82) is 0 Å². The molecular formula is C15H30N2O2S. The van der Waals surface area contributed by atoms with Crippen LogP contribution < -0.4 is 5.32 Å². The summed E-state index contributed by atoms with van der Waals surface area (Å²) < 4.78 is 23.9. The molecule has 0 amide bonds. The van der Waals surface area contributed by atoms with Gasteiger partial charge in [-0.05, 0) is 59.5 Å². The molecule has 0 aromatic rings. The number of hydrogen-bond acceptors (Lipinski definition) is 4. The fourth-order valence-electron chi connectivity index (χ4n) is 3.33. The molecule has 0 aromatic heterocycles. The third kappa shape index (κ3) is 3.74. The lowest BCUT2D eigenvalue weighted by Gasteiger charge is -2.39. The van der Waals surface area contributed by atoms with Crippen LogP contribution in [0.15, 0.2) is 0 Å². The summed E-state index contributed by atoms with van der Waals surface area (Å²) in [6, 6.07) is 1.12. The molecule has 118 valence electrons. The van der Waals surface area contributed by atoms with Crippen molar-refractivity contribution in [2.45, 2.75) is 69.7 Å².